The molecule has 2 aromatic rings. The molecule has 0 radical (unpaired) electrons. The number of aromatic nitrogens is 4. The van der Waals surface area contributed by atoms with Crippen LogP contribution >= 0.6 is 15.9 Å². The topological polar surface area (TPSA) is 76.4 Å². The molecule has 0 N–H and O–H groups in total. The smallest absolute Gasteiger partial charge is 0.410 e. The fourth-order valence-corrected chi connectivity index (χ4v) is 3.42. The zero-order chi connectivity index (χ0) is 19.8. The maximum atomic E-state index is 12.4. The van der Waals surface area contributed by atoms with E-state index in [-0.39, 0.29) is 12.1 Å². The van der Waals surface area contributed by atoms with Crippen molar-refractivity contribution < 1.29 is 9.53 Å². The number of pyridine rings is 1. The van der Waals surface area contributed by atoms with Gasteiger partial charge in [-0.3, -0.25) is 0 Å². The summed E-state index contributed by atoms with van der Waals surface area (Å²) in [4.78, 5) is 25.2. The van der Waals surface area contributed by atoms with E-state index >= 15 is 0 Å². The van der Waals surface area contributed by atoms with E-state index in [1.807, 2.05) is 33.8 Å². The van der Waals surface area contributed by atoms with Crippen LogP contribution in [0.15, 0.2) is 23.1 Å². The van der Waals surface area contributed by atoms with Gasteiger partial charge in [-0.2, -0.15) is 5.10 Å². The van der Waals surface area contributed by atoms with E-state index in [4.69, 9.17) is 4.74 Å². The first-order chi connectivity index (χ1) is 12.7. The van der Waals surface area contributed by atoms with Crippen LogP contribution in [0.5, 0.6) is 0 Å². The van der Waals surface area contributed by atoms with E-state index in [1.165, 1.54) is 6.33 Å². The summed E-state index contributed by atoms with van der Waals surface area (Å²) in [6.07, 6.45) is 3.03. The highest BCUT2D eigenvalue weighted by Crippen LogP contribution is 2.28. The third kappa shape index (κ3) is 4.40. The first kappa shape index (κ1) is 19.6. The lowest BCUT2D eigenvalue weighted by Gasteiger charge is -2.41. The molecule has 1 fully saturated rings. The normalized spacial score (nSPS) is 17.9. The van der Waals surface area contributed by atoms with E-state index in [0.717, 1.165) is 21.8 Å². The fourth-order valence-electron chi connectivity index (χ4n) is 3.10. The second-order valence-corrected chi connectivity index (χ2v) is 8.60. The highest BCUT2D eigenvalue weighted by Gasteiger charge is 2.31. The number of aryl methyl sites for hydroxylation is 1. The predicted molar refractivity (Wildman–Crippen MR) is 106 cm³/mol. The Morgan fingerprint density at radius 2 is 2.04 bits per heavy atom. The van der Waals surface area contributed by atoms with Gasteiger partial charge in [0.05, 0.1) is 0 Å². The third-order valence-corrected chi connectivity index (χ3v) is 4.75. The van der Waals surface area contributed by atoms with Crippen molar-refractivity contribution in [2.75, 3.05) is 24.5 Å². The van der Waals surface area contributed by atoms with Crippen molar-refractivity contribution in [2.24, 2.45) is 0 Å². The van der Waals surface area contributed by atoms with Gasteiger partial charge in [0.1, 0.15) is 23.4 Å². The first-order valence-electron chi connectivity index (χ1n) is 8.93. The van der Waals surface area contributed by atoms with Gasteiger partial charge >= 0.3 is 6.09 Å². The van der Waals surface area contributed by atoms with Crippen molar-refractivity contribution in [3.05, 3.63) is 28.9 Å². The number of nitrogens with zero attached hydrogens (tertiary/aromatic N) is 6. The minimum absolute atomic E-state index is 0.0857. The summed E-state index contributed by atoms with van der Waals surface area (Å²) in [6, 6.07) is 2.07. The minimum atomic E-state index is -0.498. The Kier molecular flexibility index (Phi) is 5.41. The van der Waals surface area contributed by atoms with Crippen LogP contribution in [-0.4, -0.2) is 62.0 Å². The van der Waals surface area contributed by atoms with E-state index in [2.05, 4.69) is 42.8 Å². The molecule has 146 valence electrons. The molecule has 0 aliphatic carbocycles. The number of carbonyl (C=O) groups is 1. The molecule has 0 unspecified atom stereocenters. The molecule has 2 aromatic heterocycles. The molecule has 27 heavy (non-hydrogen) atoms. The molecule has 0 saturated carbocycles. The maximum Gasteiger partial charge on any atom is 0.410 e. The summed E-state index contributed by atoms with van der Waals surface area (Å²) < 4.78 is 8.15. The number of amides is 1. The van der Waals surface area contributed by atoms with Gasteiger partial charge in [-0.1, -0.05) is 0 Å². The molecule has 0 aromatic carbocycles. The first-order valence-corrected chi connectivity index (χ1v) is 9.72. The van der Waals surface area contributed by atoms with Crippen LogP contribution < -0.4 is 4.90 Å². The largest absolute Gasteiger partial charge is 0.444 e. The molecule has 8 nitrogen and oxygen atoms in total. The Morgan fingerprint density at radius 1 is 1.30 bits per heavy atom. The molecule has 1 aliphatic rings. The Hall–Kier alpha value is -2.16. The third-order valence-electron chi connectivity index (χ3n) is 4.31. The van der Waals surface area contributed by atoms with Crippen LogP contribution in [0.4, 0.5) is 10.6 Å². The monoisotopic (exact) mass is 436 g/mol. The van der Waals surface area contributed by atoms with E-state index in [0.29, 0.717) is 19.6 Å². The number of ether oxygens (including phenoxy) is 1. The van der Waals surface area contributed by atoms with Crippen molar-refractivity contribution in [3.63, 3.8) is 0 Å². The molecule has 3 rings (SSSR count). The number of hydrogen-bond donors (Lipinski definition) is 0. The van der Waals surface area contributed by atoms with Crippen LogP contribution in [0.25, 0.3) is 5.69 Å². The van der Waals surface area contributed by atoms with Gasteiger partial charge in [-0.15, -0.1) is 0 Å². The zero-order valence-corrected chi connectivity index (χ0v) is 17.9. The van der Waals surface area contributed by atoms with Gasteiger partial charge in [-0.25, -0.2) is 19.4 Å². The number of hydrogen-bond acceptors (Lipinski definition) is 6. The van der Waals surface area contributed by atoms with Crippen LogP contribution in [-0.2, 0) is 4.74 Å². The molecule has 3 heterocycles. The number of piperazine rings is 1. The molecule has 1 aliphatic heterocycles. The van der Waals surface area contributed by atoms with Crippen molar-refractivity contribution in [1.82, 2.24) is 24.6 Å². The summed E-state index contributed by atoms with van der Waals surface area (Å²) in [5, 5.41) is 4.32. The van der Waals surface area contributed by atoms with Crippen LogP contribution in [0.1, 0.15) is 33.5 Å². The van der Waals surface area contributed by atoms with Gasteiger partial charge in [0.2, 0.25) is 0 Å². The van der Waals surface area contributed by atoms with Crippen LogP contribution in [0, 0.1) is 6.92 Å². The molecule has 1 amide bonds. The van der Waals surface area contributed by atoms with Gasteiger partial charge in [0, 0.05) is 36.3 Å². The van der Waals surface area contributed by atoms with Gasteiger partial charge in [0.15, 0.2) is 5.82 Å². The van der Waals surface area contributed by atoms with Crippen molar-refractivity contribution in [2.45, 2.75) is 46.3 Å². The Bertz CT molecular complexity index is 831. The number of rotatable bonds is 2. The van der Waals surface area contributed by atoms with Gasteiger partial charge in [0.25, 0.3) is 0 Å². The quantitative estimate of drug-likeness (QED) is 0.719. The Labute approximate surface area is 167 Å². The number of anilines is 1. The van der Waals surface area contributed by atoms with Gasteiger partial charge in [-0.05, 0) is 56.6 Å². The summed E-state index contributed by atoms with van der Waals surface area (Å²) >= 11 is 3.49. The van der Waals surface area contributed by atoms with Crippen LogP contribution in [0.2, 0.25) is 0 Å². The highest BCUT2D eigenvalue weighted by atomic mass is 79.9. The number of halogens is 1. The average Bonchev–Trinajstić information content (AvgIpc) is 2.99. The van der Waals surface area contributed by atoms with Crippen molar-refractivity contribution in [1.29, 1.82) is 0 Å². The highest BCUT2D eigenvalue weighted by molar-refractivity contribution is 9.10. The predicted octanol–water partition coefficient (Wildman–Crippen LogP) is 3.18. The molecule has 0 spiro atoms. The lowest BCUT2D eigenvalue weighted by Crippen LogP contribution is -2.55. The summed E-state index contributed by atoms with van der Waals surface area (Å²) in [7, 11) is 0. The summed E-state index contributed by atoms with van der Waals surface area (Å²) in [6.45, 7) is 11.4. The van der Waals surface area contributed by atoms with Crippen molar-refractivity contribution in [3.8, 4) is 5.69 Å². The van der Waals surface area contributed by atoms with E-state index in [9.17, 15) is 4.79 Å². The molecular weight excluding hydrogens is 412 g/mol. The minimum Gasteiger partial charge on any atom is -0.444 e. The molecule has 1 saturated heterocycles. The van der Waals surface area contributed by atoms with Crippen LogP contribution in [0.3, 0.4) is 0 Å². The second-order valence-electron chi connectivity index (χ2n) is 7.68. The summed E-state index contributed by atoms with van der Waals surface area (Å²) in [5.74, 6) is 1.61. The fraction of sp³-hybridized carbons (Fsp3) is 0.556. The average molecular weight is 437 g/mol. The number of carbonyl (C=O) groups excluding carboxylic acids is 1. The standard InChI is InChI=1S/C18H25BrN6O2/c1-12-10-23(17(26)27-18(3,4)5)6-7-24(12)16-15(8-14(19)9-20-16)25-13(2)21-11-22-25/h8-9,11-12H,6-7,10H2,1-5H3/t12-/m0/s1. The SMILES string of the molecule is Cc1ncnn1-c1cc(Br)cnc1N1CCN(C(=O)OC(C)(C)C)C[C@@H]1C. The summed E-state index contributed by atoms with van der Waals surface area (Å²) in [5.41, 5.74) is 0.361. The lowest BCUT2D eigenvalue weighted by atomic mass is 10.1. The molecule has 9 heteroatoms. The van der Waals surface area contributed by atoms with Gasteiger partial charge < -0.3 is 14.5 Å². The zero-order valence-electron chi connectivity index (χ0n) is 16.3. The second kappa shape index (κ2) is 7.46. The van der Waals surface area contributed by atoms with Crippen molar-refractivity contribution >= 4 is 27.8 Å². The van der Waals surface area contributed by atoms with E-state index < -0.39 is 5.60 Å². The maximum absolute atomic E-state index is 12.4. The lowest BCUT2D eigenvalue weighted by molar-refractivity contribution is 0.0218. The molecule has 1 atom stereocenters. The van der Waals surface area contributed by atoms with E-state index in [1.54, 1.807) is 15.8 Å². The molecular formula is C18H25BrN6O2. The Morgan fingerprint density at radius 3 is 2.63 bits per heavy atom. The Balaban J connectivity index is 1.83. The molecule has 0 bridgehead atoms.